The van der Waals surface area contributed by atoms with Crippen LogP contribution in [0.15, 0.2) is 11.6 Å². The number of cyclic esters (lactones) is 1. The van der Waals surface area contributed by atoms with Gasteiger partial charge in [0.15, 0.2) is 43.1 Å². The Morgan fingerprint density at radius 2 is 1.28 bits per heavy atom. The lowest BCUT2D eigenvalue weighted by Gasteiger charge is -2.63. The molecule has 4 saturated carbocycles. The highest BCUT2D eigenvalue weighted by atomic mass is 16.8. The second kappa shape index (κ2) is 20.3. The second-order valence-corrected chi connectivity index (χ2v) is 20.2. The fraction of sp³-hybridized carbons (Fsp3) is 0.812. The topological polar surface area (TPSA) is 250 Å². The van der Waals surface area contributed by atoms with Crippen LogP contribution in [0.1, 0.15) is 114 Å². The number of ether oxygens (including phenoxy) is 12. The highest BCUT2D eigenvalue weighted by Crippen LogP contribution is 2.70. The smallest absolute Gasteiger partial charge is 0.331 e. The van der Waals surface area contributed by atoms with Gasteiger partial charge in [-0.15, -0.1) is 0 Å². The Hall–Kier alpha value is -4.21. The number of aliphatic hydroxyl groups is 1. The van der Waals surface area contributed by atoms with Crippen LogP contribution in [0, 0.1) is 34.5 Å². The van der Waals surface area contributed by atoms with Gasteiger partial charge in [0, 0.05) is 72.5 Å². The molecule has 0 amide bonds. The van der Waals surface area contributed by atoms with Crippen molar-refractivity contribution < 1.29 is 95.5 Å². The van der Waals surface area contributed by atoms with E-state index in [0.717, 1.165) is 32.3 Å². The molecule has 0 aromatic rings. The summed E-state index contributed by atoms with van der Waals surface area (Å²) in [6.07, 6.45) is -6.78. The largest absolute Gasteiger partial charge is 0.462 e. The van der Waals surface area contributed by atoms with Gasteiger partial charge < -0.3 is 61.9 Å². The zero-order valence-electron chi connectivity index (χ0n) is 40.6. The van der Waals surface area contributed by atoms with Crippen molar-refractivity contribution >= 4 is 41.8 Å². The van der Waals surface area contributed by atoms with Crippen molar-refractivity contribution in [3.05, 3.63) is 11.6 Å². The molecule has 4 aliphatic carbocycles. The van der Waals surface area contributed by atoms with Crippen LogP contribution in [-0.2, 0) is 90.4 Å². The fourth-order valence-electron chi connectivity index (χ4n) is 13.4. The predicted octanol–water partition coefficient (Wildman–Crippen LogP) is 3.33. The monoisotopic (exact) mass is 964 g/mol. The van der Waals surface area contributed by atoms with E-state index in [-0.39, 0.29) is 42.1 Å². The van der Waals surface area contributed by atoms with E-state index in [2.05, 4.69) is 13.8 Å². The normalized spacial score (nSPS) is 43.0. The molecule has 6 fully saturated rings. The zero-order valence-corrected chi connectivity index (χ0v) is 40.6. The lowest BCUT2D eigenvalue weighted by atomic mass is 9.43. The molecule has 19 atom stereocenters. The summed E-state index contributed by atoms with van der Waals surface area (Å²) in [5.74, 6) is -4.71. The summed E-state index contributed by atoms with van der Waals surface area (Å²) in [5, 5.41) is 13.0. The van der Waals surface area contributed by atoms with Crippen LogP contribution in [0.3, 0.4) is 0 Å². The molecule has 2 saturated heterocycles. The van der Waals surface area contributed by atoms with Crippen LogP contribution in [0.5, 0.6) is 0 Å². The van der Waals surface area contributed by atoms with Crippen molar-refractivity contribution in [2.75, 3.05) is 20.3 Å². The second-order valence-electron chi connectivity index (χ2n) is 20.2. The van der Waals surface area contributed by atoms with Crippen LogP contribution in [-0.4, -0.2) is 146 Å². The molecule has 3 aliphatic heterocycles. The Bertz CT molecular complexity index is 1990. The Labute approximate surface area is 395 Å². The number of carbonyl (C=O) groups is 7. The van der Waals surface area contributed by atoms with Crippen molar-refractivity contribution in [1.82, 2.24) is 0 Å². The fourth-order valence-corrected chi connectivity index (χ4v) is 13.4. The van der Waals surface area contributed by atoms with E-state index >= 15 is 0 Å². The van der Waals surface area contributed by atoms with Gasteiger partial charge >= 0.3 is 41.8 Å². The van der Waals surface area contributed by atoms with Gasteiger partial charge in [0.1, 0.15) is 24.9 Å². The molecule has 20 nitrogen and oxygen atoms in total. The summed E-state index contributed by atoms with van der Waals surface area (Å²) in [5.41, 5.74) is -1.33. The van der Waals surface area contributed by atoms with Gasteiger partial charge in [-0.2, -0.15) is 0 Å². The molecule has 3 heterocycles. The average molecular weight is 965 g/mol. The summed E-state index contributed by atoms with van der Waals surface area (Å²) >= 11 is 0. The number of fused-ring (bicyclic) bond motifs is 5. The van der Waals surface area contributed by atoms with E-state index in [4.69, 9.17) is 56.8 Å². The lowest BCUT2D eigenvalue weighted by Crippen LogP contribution is -2.65. The van der Waals surface area contributed by atoms with E-state index < -0.39 is 133 Å². The Kier molecular flexibility index (Phi) is 15.4. The van der Waals surface area contributed by atoms with E-state index in [0.29, 0.717) is 32.1 Å². The molecule has 380 valence electrons. The molecule has 1 N–H and O–H groups in total. The van der Waals surface area contributed by atoms with Crippen LogP contribution >= 0.6 is 0 Å². The molecule has 0 aromatic heterocycles. The third-order valence-electron chi connectivity index (χ3n) is 16.0. The molecular weight excluding hydrogens is 897 g/mol. The van der Waals surface area contributed by atoms with Crippen molar-refractivity contribution in [3.8, 4) is 0 Å². The van der Waals surface area contributed by atoms with Gasteiger partial charge in [-0.25, -0.2) is 4.79 Å². The number of hydrogen-bond acceptors (Lipinski definition) is 20. The molecule has 0 bridgehead atoms. The van der Waals surface area contributed by atoms with Crippen LogP contribution in [0.25, 0.3) is 0 Å². The summed E-state index contributed by atoms with van der Waals surface area (Å²) in [7, 11) is 1.35. The summed E-state index contributed by atoms with van der Waals surface area (Å²) in [6, 6.07) is 0. The molecule has 7 aliphatic rings. The predicted molar refractivity (Wildman–Crippen MR) is 229 cm³/mol. The summed E-state index contributed by atoms with van der Waals surface area (Å²) in [4.78, 5) is 87.1. The number of rotatable bonds is 13. The molecule has 0 spiro atoms. The highest BCUT2D eigenvalue weighted by Gasteiger charge is 2.71. The molecule has 0 radical (unpaired) electrons. The summed E-state index contributed by atoms with van der Waals surface area (Å²) in [6.45, 7) is 12.9. The quantitative estimate of drug-likeness (QED) is 0.158. The Balaban J connectivity index is 1.12. The maximum Gasteiger partial charge on any atom is 0.331 e. The van der Waals surface area contributed by atoms with Crippen LogP contribution in [0.2, 0.25) is 0 Å². The number of esters is 7. The van der Waals surface area contributed by atoms with Gasteiger partial charge in [-0.3, -0.25) is 28.8 Å². The van der Waals surface area contributed by atoms with Gasteiger partial charge in [-0.05, 0) is 80.6 Å². The van der Waals surface area contributed by atoms with Gasteiger partial charge in [0.25, 0.3) is 0 Å². The van der Waals surface area contributed by atoms with Crippen molar-refractivity contribution in [1.29, 1.82) is 0 Å². The molecular formula is C48H68O20. The first-order valence-electron chi connectivity index (χ1n) is 23.7. The number of carbonyl (C=O) groups excluding carboxylic acids is 7. The Morgan fingerprint density at radius 1 is 0.691 bits per heavy atom. The molecule has 20 heteroatoms. The first-order valence-corrected chi connectivity index (χ1v) is 23.7. The lowest BCUT2D eigenvalue weighted by molar-refractivity contribution is -0.339. The van der Waals surface area contributed by atoms with Crippen molar-refractivity contribution in [3.63, 3.8) is 0 Å². The number of methoxy groups -OCH3 is 1. The maximum absolute atomic E-state index is 13.0. The van der Waals surface area contributed by atoms with Gasteiger partial charge in [0.2, 0.25) is 0 Å². The average Bonchev–Trinajstić information content (AvgIpc) is 3.75. The van der Waals surface area contributed by atoms with E-state index in [9.17, 15) is 38.7 Å². The molecule has 68 heavy (non-hydrogen) atoms. The maximum atomic E-state index is 13.0. The van der Waals surface area contributed by atoms with Crippen LogP contribution in [0.4, 0.5) is 0 Å². The Morgan fingerprint density at radius 3 is 1.87 bits per heavy atom. The first-order chi connectivity index (χ1) is 32.0. The van der Waals surface area contributed by atoms with E-state index in [1.807, 2.05) is 0 Å². The minimum atomic E-state index is -1.43. The van der Waals surface area contributed by atoms with E-state index in [1.54, 1.807) is 6.92 Å². The third kappa shape index (κ3) is 10.0. The van der Waals surface area contributed by atoms with Crippen molar-refractivity contribution in [2.24, 2.45) is 34.5 Å². The van der Waals surface area contributed by atoms with Gasteiger partial charge in [0.05, 0.1) is 24.4 Å². The summed E-state index contributed by atoms with van der Waals surface area (Å²) < 4.78 is 70.9. The van der Waals surface area contributed by atoms with Gasteiger partial charge in [-0.1, -0.05) is 13.8 Å². The minimum Gasteiger partial charge on any atom is -0.462 e. The highest BCUT2D eigenvalue weighted by molar-refractivity contribution is 5.85. The van der Waals surface area contributed by atoms with Crippen molar-refractivity contribution in [2.45, 2.75) is 193 Å². The zero-order chi connectivity index (χ0) is 49.6. The SMILES string of the molecule is CO[C@H]1[C@@H](OC(C)=O)[C@H](OC[C@H]2O[C@@H](O[C@H]3CC[C@@]4(C)[C@@H](CC[C@H]5[C@H]4CC[C@]4(C)[C@H](C6=CC(=O)OC6)[C@H](OC(C)=O)C[C@]54O)C3)[C@H](OC(C)=O)[C@@H](OC(C)=O)[C@@H]2OC(C)=O)O[C@@H](C)[C@H]1OC(C)=O. The first kappa shape index (κ1) is 51.6. The number of hydrogen-bond donors (Lipinski definition) is 1. The standard InChI is InChI=1S/C48H68O20/c1-22-38(62-24(3)50)40(57-10)42(65-27(6)53)44(60-22)59-21-35-39(63-25(4)51)41(64-26(5)52)43(66-28(7)54)45(68-35)67-31-13-15-46(8)30(18-31)11-12-33-32(46)14-16-47(9)37(29-17-36(55)58-20-29)34(61-23(2)49)19-48(33,47)56/h17,22,30-35,37-45,56H,11-16,18-21H2,1-10H3/t22-,30-,31-,32+,33-,34+,35+,37+,38+,39+,40+,41-,42+,43+,44+,45+,46-,47+,48-/m0/s1. The van der Waals surface area contributed by atoms with Crippen LogP contribution < -0.4 is 0 Å². The molecule has 0 unspecified atom stereocenters. The minimum absolute atomic E-state index is 0.101. The molecule has 0 aromatic carbocycles. The third-order valence-corrected chi connectivity index (χ3v) is 16.0. The molecule has 7 rings (SSSR count). The van der Waals surface area contributed by atoms with E-state index in [1.165, 1.54) is 40.9 Å².